The number of para-hydroxylation sites is 3. The summed E-state index contributed by atoms with van der Waals surface area (Å²) in [5, 5.41) is 0. The number of aromatic nitrogens is 6. The highest BCUT2D eigenvalue weighted by Gasteiger charge is 2.20. The van der Waals surface area contributed by atoms with E-state index >= 15 is 0 Å². The van der Waals surface area contributed by atoms with Gasteiger partial charge in [0.1, 0.15) is 17.0 Å². The van der Waals surface area contributed by atoms with E-state index in [0.29, 0.717) is 5.95 Å². The SMILES string of the molecule is C=CC.Cc1ccccc1-n1c(C)nc2c(C)nc(-n3c4ccccc4n4c(C)ccc34)nc21. The van der Waals surface area contributed by atoms with E-state index in [9.17, 15) is 0 Å². The second kappa shape index (κ2) is 8.30. The first kappa shape index (κ1) is 21.6. The van der Waals surface area contributed by atoms with Crippen LogP contribution >= 0.6 is 0 Å². The third-order valence-electron chi connectivity index (χ3n) is 6.04. The second-order valence-electron chi connectivity index (χ2n) is 8.46. The van der Waals surface area contributed by atoms with E-state index in [1.165, 1.54) is 11.3 Å². The fourth-order valence-corrected chi connectivity index (χ4v) is 4.58. The van der Waals surface area contributed by atoms with Gasteiger partial charge < -0.3 is 0 Å². The molecule has 170 valence electrons. The van der Waals surface area contributed by atoms with Crippen LogP contribution in [0.15, 0.2) is 73.3 Å². The number of benzene rings is 2. The van der Waals surface area contributed by atoms with Gasteiger partial charge in [0, 0.05) is 5.69 Å². The minimum absolute atomic E-state index is 0.657. The van der Waals surface area contributed by atoms with Crippen LogP contribution in [0.1, 0.15) is 29.7 Å². The Labute approximate surface area is 198 Å². The summed E-state index contributed by atoms with van der Waals surface area (Å²) < 4.78 is 6.52. The Hall–Kier alpha value is -4.19. The van der Waals surface area contributed by atoms with Gasteiger partial charge in [-0.05, 0) is 70.5 Å². The summed E-state index contributed by atoms with van der Waals surface area (Å²) in [6.45, 7) is 13.5. The van der Waals surface area contributed by atoms with Crippen LogP contribution in [0.4, 0.5) is 0 Å². The van der Waals surface area contributed by atoms with Crippen molar-refractivity contribution in [3.8, 4) is 11.6 Å². The van der Waals surface area contributed by atoms with Gasteiger partial charge in [-0.2, -0.15) is 4.98 Å². The van der Waals surface area contributed by atoms with Crippen molar-refractivity contribution < 1.29 is 0 Å². The molecular formula is C28H28N6. The highest BCUT2D eigenvalue weighted by molar-refractivity contribution is 5.85. The lowest BCUT2D eigenvalue weighted by atomic mass is 10.2. The summed E-state index contributed by atoms with van der Waals surface area (Å²) in [6, 6.07) is 21.0. The van der Waals surface area contributed by atoms with Crippen LogP contribution in [-0.4, -0.2) is 28.5 Å². The molecule has 6 heteroatoms. The van der Waals surface area contributed by atoms with E-state index in [1.54, 1.807) is 6.08 Å². The molecule has 0 saturated carbocycles. The predicted molar refractivity (Wildman–Crippen MR) is 139 cm³/mol. The van der Waals surface area contributed by atoms with E-state index in [1.807, 2.05) is 20.8 Å². The van der Waals surface area contributed by atoms with Crippen molar-refractivity contribution in [3.05, 3.63) is 96.1 Å². The quantitative estimate of drug-likeness (QED) is 0.287. The Morgan fingerprint density at radius 3 is 2.18 bits per heavy atom. The van der Waals surface area contributed by atoms with Crippen LogP contribution in [0.2, 0.25) is 0 Å². The zero-order valence-electron chi connectivity index (χ0n) is 20.2. The lowest BCUT2D eigenvalue weighted by molar-refractivity contribution is 0.943. The zero-order valence-corrected chi connectivity index (χ0v) is 20.2. The number of hydrogen-bond acceptors (Lipinski definition) is 3. The summed E-state index contributed by atoms with van der Waals surface area (Å²) in [7, 11) is 0. The summed E-state index contributed by atoms with van der Waals surface area (Å²) in [4.78, 5) is 14.8. The topological polar surface area (TPSA) is 52.9 Å². The molecule has 6 rings (SSSR count). The molecule has 2 aromatic carbocycles. The lowest BCUT2D eigenvalue weighted by Crippen LogP contribution is -2.06. The normalized spacial score (nSPS) is 11.2. The maximum Gasteiger partial charge on any atom is 0.238 e. The first-order chi connectivity index (χ1) is 16.5. The molecule has 0 bridgehead atoms. The monoisotopic (exact) mass is 448 g/mol. The number of allylic oxidation sites excluding steroid dienone is 1. The Kier molecular flexibility index (Phi) is 5.28. The van der Waals surface area contributed by atoms with Crippen LogP contribution in [0.5, 0.6) is 0 Å². The number of aryl methyl sites for hydroxylation is 4. The minimum Gasteiger partial charge on any atom is -0.298 e. The fraction of sp³-hybridized carbons (Fsp3) is 0.179. The first-order valence-electron chi connectivity index (χ1n) is 11.4. The minimum atomic E-state index is 0.657. The van der Waals surface area contributed by atoms with Crippen molar-refractivity contribution in [2.24, 2.45) is 0 Å². The Balaban J connectivity index is 0.000000764. The van der Waals surface area contributed by atoms with Gasteiger partial charge in [-0.1, -0.05) is 36.4 Å². The third-order valence-corrected chi connectivity index (χ3v) is 6.04. The molecular weight excluding hydrogens is 420 g/mol. The molecule has 0 atom stereocenters. The molecule has 0 aliphatic carbocycles. The molecule has 6 nitrogen and oxygen atoms in total. The van der Waals surface area contributed by atoms with Crippen molar-refractivity contribution >= 4 is 27.8 Å². The standard InChI is InChI=1S/C25H22N6.C3H6/c1-15-9-5-6-10-19(15)30-18(4)27-23-17(3)26-25(28-24(23)30)31-21-12-8-7-11-20(21)29-16(2)13-14-22(29)31;1-3-2/h5-14H,1-4H3;3H,1H2,2H3. The lowest BCUT2D eigenvalue weighted by Gasteiger charge is -2.11. The molecule has 0 spiro atoms. The first-order valence-corrected chi connectivity index (χ1v) is 11.4. The van der Waals surface area contributed by atoms with Gasteiger partial charge in [-0.25, -0.2) is 9.97 Å². The van der Waals surface area contributed by atoms with E-state index in [4.69, 9.17) is 15.0 Å². The highest BCUT2D eigenvalue weighted by Crippen LogP contribution is 2.29. The van der Waals surface area contributed by atoms with Gasteiger partial charge in [0.05, 0.1) is 22.4 Å². The fourth-order valence-electron chi connectivity index (χ4n) is 4.58. The summed E-state index contributed by atoms with van der Waals surface area (Å²) in [5.74, 6) is 1.56. The van der Waals surface area contributed by atoms with Crippen LogP contribution in [0.25, 0.3) is 39.5 Å². The molecule has 34 heavy (non-hydrogen) atoms. The van der Waals surface area contributed by atoms with Gasteiger partial charge >= 0.3 is 0 Å². The predicted octanol–water partition coefficient (Wildman–Crippen LogP) is 6.44. The molecule has 0 aliphatic heterocycles. The van der Waals surface area contributed by atoms with Gasteiger partial charge in [0.25, 0.3) is 0 Å². The third kappa shape index (κ3) is 3.22. The number of hydrogen-bond donors (Lipinski definition) is 0. The molecule has 0 radical (unpaired) electrons. The molecule has 4 heterocycles. The molecule has 6 aromatic rings. The Morgan fingerprint density at radius 1 is 0.765 bits per heavy atom. The van der Waals surface area contributed by atoms with Crippen molar-refractivity contribution in [1.29, 1.82) is 0 Å². The second-order valence-corrected chi connectivity index (χ2v) is 8.46. The van der Waals surface area contributed by atoms with E-state index in [-0.39, 0.29) is 0 Å². The summed E-state index contributed by atoms with van der Waals surface area (Å²) in [6.07, 6.45) is 1.75. The van der Waals surface area contributed by atoms with Crippen LogP contribution in [-0.2, 0) is 0 Å². The summed E-state index contributed by atoms with van der Waals surface area (Å²) in [5.41, 5.74) is 9.27. The van der Waals surface area contributed by atoms with Crippen molar-refractivity contribution in [2.45, 2.75) is 34.6 Å². The van der Waals surface area contributed by atoms with Crippen molar-refractivity contribution in [3.63, 3.8) is 0 Å². The number of imidazole rings is 2. The largest absolute Gasteiger partial charge is 0.298 e. The average Bonchev–Trinajstić information content (AvgIpc) is 3.46. The van der Waals surface area contributed by atoms with Crippen molar-refractivity contribution in [1.82, 2.24) is 28.5 Å². The van der Waals surface area contributed by atoms with Gasteiger partial charge in [0.15, 0.2) is 5.65 Å². The zero-order chi connectivity index (χ0) is 24.0. The molecule has 0 amide bonds. The maximum absolute atomic E-state index is 5.07. The van der Waals surface area contributed by atoms with Gasteiger partial charge in [-0.3, -0.25) is 13.5 Å². The number of rotatable bonds is 2. The average molecular weight is 449 g/mol. The number of fused-ring (bicyclic) bond motifs is 4. The van der Waals surface area contributed by atoms with E-state index in [0.717, 1.165) is 45.1 Å². The molecule has 4 aromatic heterocycles. The highest BCUT2D eigenvalue weighted by atomic mass is 15.3. The summed E-state index contributed by atoms with van der Waals surface area (Å²) >= 11 is 0. The van der Waals surface area contributed by atoms with Crippen LogP contribution < -0.4 is 0 Å². The molecule has 0 fully saturated rings. The Bertz CT molecular complexity index is 1680. The van der Waals surface area contributed by atoms with Crippen LogP contribution in [0.3, 0.4) is 0 Å². The molecule has 0 saturated heterocycles. The van der Waals surface area contributed by atoms with E-state index < -0.39 is 0 Å². The maximum atomic E-state index is 5.07. The smallest absolute Gasteiger partial charge is 0.238 e. The molecule has 0 aliphatic rings. The van der Waals surface area contributed by atoms with E-state index in [2.05, 4.69) is 94.6 Å². The van der Waals surface area contributed by atoms with Gasteiger partial charge in [-0.15, -0.1) is 6.58 Å². The van der Waals surface area contributed by atoms with Crippen LogP contribution in [0, 0.1) is 27.7 Å². The molecule has 0 unspecified atom stereocenters. The van der Waals surface area contributed by atoms with Gasteiger partial charge in [0.2, 0.25) is 5.95 Å². The molecule has 0 N–H and O–H groups in total. The number of nitrogens with zero attached hydrogens (tertiary/aromatic N) is 6. The van der Waals surface area contributed by atoms with Crippen molar-refractivity contribution in [2.75, 3.05) is 0 Å². The Morgan fingerprint density at radius 2 is 1.44 bits per heavy atom.